The van der Waals surface area contributed by atoms with E-state index in [0.29, 0.717) is 0 Å². The Kier molecular flexibility index (Phi) is 3.13. The van der Waals surface area contributed by atoms with Crippen molar-refractivity contribution in [2.45, 2.75) is 32.6 Å². The van der Waals surface area contributed by atoms with Crippen LogP contribution in [0.25, 0.3) is 11.2 Å². The molecular weight excluding hydrogens is 226 g/mol. The summed E-state index contributed by atoms with van der Waals surface area (Å²) < 4.78 is 0. The topological polar surface area (TPSA) is 66.5 Å². The smallest absolute Gasteiger partial charge is 0.182 e. The van der Waals surface area contributed by atoms with Gasteiger partial charge in [0.05, 0.1) is 6.33 Å². The predicted molar refractivity (Wildman–Crippen MR) is 71.3 cm³/mol. The van der Waals surface area contributed by atoms with Crippen molar-refractivity contribution >= 4 is 17.0 Å². The standard InChI is InChI=1S/C13H19N5/c1-9-4-2-3-5-10(9)6-14-12-11-13(16-7-15-11)18-8-17-12/h7-10H,2-6H2,1H3,(H2,14,15,16,17,18). The summed E-state index contributed by atoms with van der Waals surface area (Å²) in [5.74, 6) is 2.44. The maximum absolute atomic E-state index is 4.30. The molecule has 0 radical (unpaired) electrons. The van der Waals surface area contributed by atoms with E-state index in [1.54, 1.807) is 12.7 Å². The van der Waals surface area contributed by atoms with Gasteiger partial charge in [-0.3, -0.25) is 0 Å². The van der Waals surface area contributed by atoms with Crippen molar-refractivity contribution < 1.29 is 0 Å². The first kappa shape index (κ1) is 11.4. The Morgan fingerprint density at radius 3 is 3.06 bits per heavy atom. The highest BCUT2D eigenvalue weighted by Gasteiger charge is 2.21. The predicted octanol–water partition coefficient (Wildman–Crippen LogP) is 2.59. The van der Waals surface area contributed by atoms with Gasteiger partial charge in [0.25, 0.3) is 0 Å². The van der Waals surface area contributed by atoms with Crippen LogP contribution in [-0.4, -0.2) is 26.5 Å². The Labute approximate surface area is 106 Å². The van der Waals surface area contributed by atoms with Gasteiger partial charge in [-0.05, 0) is 18.3 Å². The normalized spacial score (nSPS) is 24.3. The highest BCUT2D eigenvalue weighted by atomic mass is 15.1. The zero-order chi connectivity index (χ0) is 12.4. The van der Waals surface area contributed by atoms with Crippen LogP contribution >= 0.6 is 0 Å². The first-order valence-corrected chi connectivity index (χ1v) is 6.72. The number of anilines is 1. The lowest BCUT2D eigenvalue weighted by molar-refractivity contribution is 0.268. The summed E-state index contributed by atoms with van der Waals surface area (Å²) in [5.41, 5.74) is 1.63. The molecule has 5 nitrogen and oxygen atoms in total. The van der Waals surface area contributed by atoms with Gasteiger partial charge in [-0.2, -0.15) is 0 Å². The van der Waals surface area contributed by atoms with Crippen LogP contribution in [0.2, 0.25) is 0 Å². The van der Waals surface area contributed by atoms with E-state index in [1.807, 2.05) is 0 Å². The van der Waals surface area contributed by atoms with Crippen molar-refractivity contribution in [2.24, 2.45) is 11.8 Å². The number of hydrogen-bond acceptors (Lipinski definition) is 4. The second kappa shape index (κ2) is 4.92. The molecule has 0 bridgehead atoms. The van der Waals surface area contributed by atoms with E-state index in [0.717, 1.165) is 35.4 Å². The van der Waals surface area contributed by atoms with E-state index in [4.69, 9.17) is 0 Å². The third-order valence-corrected chi connectivity index (χ3v) is 4.04. The maximum Gasteiger partial charge on any atom is 0.182 e. The Morgan fingerprint density at radius 1 is 1.28 bits per heavy atom. The molecule has 0 amide bonds. The molecule has 2 aromatic heterocycles. The first-order chi connectivity index (χ1) is 8.84. The van der Waals surface area contributed by atoms with E-state index in [-0.39, 0.29) is 0 Å². The van der Waals surface area contributed by atoms with Crippen molar-refractivity contribution in [2.75, 3.05) is 11.9 Å². The van der Waals surface area contributed by atoms with Crippen LogP contribution in [0.1, 0.15) is 32.6 Å². The van der Waals surface area contributed by atoms with Crippen molar-refractivity contribution in [1.29, 1.82) is 0 Å². The largest absolute Gasteiger partial charge is 0.368 e. The summed E-state index contributed by atoms with van der Waals surface area (Å²) >= 11 is 0. The number of fused-ring (bicyclic) bond motifs is 1. The zero-order valence-electron chi connectivity index (χ0n) is 10.7. The second-order valence-electron chi connectivity index (χ2n) is 5.23. The molecule has 0 saturated heterocycles. The number of nitrogens with one attached hydrogen (secondary N) is 2. The minimum atomic E-state index is 0.726. The molecule has 1 fully saturated rings. The van der Waals surface area contributed by atoms with E-state index in [9.17, 15) is 0 Å². The molecule has 1 saturated carbocycles. The molecule has 0 aromatic carbocycles. The molecule has 18 heavy (non-hydrogen) atoms. The fourth-order valence-corrected chi connectivity index (χ4v) is 2.82. The molecule has 0 spiro atoms. The van der Waals surface area contributed by atoms with Gasteiger partial charge in [0.2, 0.25) is 0 Å². The number of rotatable bonds is 3. The number of imidazole rings is 1. The maximum atomic E-state index is 4.30. The van der Waals surface area contributed by atoms with Gasteiger partial charge in [0, 0.05) is 6.54 Å². The first-order valence-electron chi connectivity index (χ1n) is 6.72. The quantitative estimate of drug-likeness (QED) is 0.872. The van der Waals surface area contributed by atoms with Crippen molar-refractivity contribution in [3.05, 3.63) is 12.7 Å². The van der Waals surface area contributed by atoms with Crippen LogP contribution < -0.4 is 5.32 Å². The van der Waals surface area contributed by atoms with Crippen LogP contribution in [0.4, 0.5) is 5.82 Å². The van der Waals surface area contributed by atoms with Crippen LogP contribution in [-0.2, 0) is 0 Å². The Morgan fingerprint density at radius 2 is 2.17 bits per heavy atom. The molecule has 2 aromatic rings. The number of aromatic amines is 1. The average Bonchev–Trinajstić information content (AvgIpc) is 2.86. The number of H-pyrrole nitrogens is 1. The molecule has 2 unspecified atom stereocenters. The van der Waals surface area contributed by atoms with E-state index < -0.39 is 0 Å². The van der Waals surface area contributed by atoms with Crippen molar-refractivity contribution in [1.82, 2.24) is 19.9 Å². The molecule has 3 rings (SSSR count). The molecular formula is C13H19N5. The number of nitrogens with zero attached hydrogens (tertiary/aromatic N) is 3. The summed E-state index contributed by atoms with van der Waals surface area (Å²) in [5, 5.41) is 3.45. The number of aromatic nitrogens is 4. The lowest BCUT2D eigenvalue weighted by Gasteiger charge is -2.28. The highest BCUT2D eigenvalue weighted by Crippen LogP contribution is 2.29. The van der Waals surface area contributed by atoms with Gasteiger partial charge >= 0.3 is 0 Å². The minimum Gasteiger partial charge on any atom is -0.368 e. The Balaban J connectivity index is 1.71. The summed E-state index contributed by atoms with van der Waals surface area (Å²) in [6, 6.07) is 0. The molecule has 0 aliphatic heterocycles. The summed E-state index contributed by atoms with van der Waals surface area (Å²) in [6.45, 7) is 3.35. The van der Waals surface area contributed by atoms with Crippen molar-refractivity contribution in [3.8, 4) is 0 Å². The SMILES string of the molecule is CC1CCCCC1CNc1ncnc2nc[nH]c12. The highest BCUT2D eigenvalue weighted by molar-refractivity contribution is 5.81. The lowest BCUT2D eigenvalue weighted by atomic mass is 9.80. The van der Waals surface area contributed by atoms with E-state index in [2.05, 4.69) is 32.2 Å². The molecule has 2 N–H and O–H groups in total. The second-order valence-corrected chi connectivity index (χ2v) is 5.23. The fourth-order valence-electron chi connectivity index (χ4n) is 2.82. The van der Waals surface area contributed by atoms with Gasteiger partial charge in [-0.15, -0.1) is 0 Å². The van der Waals surface area contributed by atoms with Gasteiger partial charge in [-0.1, -0.05) is 26.2 Å². The van der Waals surface area contributed by atoms with Crippen LogP contribution in [0.5, 0.6) is 0 Å². The van der Waals surface area contributed by atoms with Crippen LogP contribution in [0, 0.1) is 11.8 Å². The van der Waals surface area contributed by atoms with E-state index in [1.165, 1.54) is 25.7 Å². The van der Waals surface area contributed by atoms with E-state index >= 15 is 0 Å². The van der Waals surface area contributed by atoms with Crippen LogP contribution in [0.15, 0.2) is 12.7 Å². The lowest BCUT2D eigenvalue weighted by Crippen LogP contribution is -2.24. The Hall–Kier alpha value is -1.65. The molecule has 96 valence electrons. The van der Waals surface area contributed by atoms with Gasteiger partial charge < -0.3 is 10.3 Å². The average molecular weight is 245 g/mol. The molecule has 1 aliphatic rings. The molecule has 2 atom stereocenters. The third kappa shape index (κ3) is 2.17. The summed E-state index contributed by atoms with van der Waals surface area (Å²) in [7, 11) is 0. The number of hydrogen-bond donors (Lipinski definition) is 2. The summed E-state index contributed by atoms with van der Waals surface area (Å²) in [4.78, 5) is 15.6. The zero-order valence-corrected chi connectivity index (χ0v) is 10.7. The van der Waals surface area contributed by atoms with Crippen molar-refractivity contribution in [3.63, 3.8) is 0 Å². The Bertz CT molecular complexity index is 521. The summed E-state index contributed by atoms with van der Waals surface area (Å²) in [6.07, 6.45) is 8.65. The molecule has 2 heterocycles. The van der Waals surface area contributed by atoms with Gasteiger partial charge in [0.15, 0.2) is 11.5 Å². The van der Waals surface area contributed by atoms with Gasteiger partial charge in [-0.25, -0.2) is 15.0 Å². The molecule has 1 aliphatic carbocycles. The van der Waals surface area contributed by atoms with Gasteiger partial charge in [0.1, 0.15) is 11.8 Å². The monoisotopic (exact) mass is 245 g/mol. The third-order valence-electron chi connectivity index (χ3n) is 4.04. The fraction of sp³-hybridized carbons (Fsp3) is 0.615. The minimum absolute atomic E-state index is 0.726. The molecule has 5 heteroatoms. The van der Waals surface area contributed by atoms with Crippen LogP contribution in [0.3, 0.4) is 0 Å².